The lowest BCUT2D eigenvalue weighted by Gasteiger charge is -2.28. The number of benzene rings is 1. The first-order chi connectivity index (χ1) is 13.4. The highest BCUT2D eigenvalue weighted by Crippen LogP contribution is 2.16. The lowest BCUT2D eigenvalue weighted by atomic mass is 10.0. The molecular weight excluding hydrogens is 352 g/mol. The van der Waals surface area contributed by atoms with Gasteiger partial charge in [0, 0.05) is 31.1 Å². The zero-order valence-electron chi connectivity index (χ0n) is 17.5. The van der Waals surface area contributed by atoms with Gasteiger partial charge in [-0.2, -0.15) is 0 Å². The summed E-state index contributed by atoms with van der Waals surface area (Å²) in [6.45, 7) is 5.62. The van der Waals surface area contributed by atoms with Crippen molar-refractivity contribution in [2.45, 2.75) is 58.5 Å². The summed E-state index contributed by atoms with van der Waals surface area (Å²) in [5, 5.41) is 3.62. The molecule has 1 unspecified atom stereocenters. The van der Waals surface area contributed by atoms with Crippen LogP contribution in [0.4, 0.5) is 0 Å². The van der Waals surface area contributed by atoms with Crippen LogP contribution in [-0.4, -0.2) is 47.0 Å². The first kappa shape index (κ1) is 20.5. The fraction of sp³-hybridized carbons (Fsp3) is 0.591. The van der Waals surface area contributed by atoms with Crippen molar-refractivity contribution in [2.75, 3.05) is 20.6 Å². The van der Waals surface area contributed by atoms with Gasteiger partial charge in [-0.25, -0.2) is 4.98 Å². The number of amides is 1. The van der Waals surface area contributed by atoms with Crippen molar-refractivity contribution in [2.24, 2.45) is 5.92 Å². The molecule has 1 atom stereocenters. The van der Waals surface area contributed by atoms with Crippen molar-refractivity contribution in [3.8, 4) is 0 Å². The molecule has 1 aliphatic rings. The molecule has 28 heavy (non-hydrogen) atoms. The Morgan fingerprint density at radius 1 is 1.21 bits per heavy atom. The van der Waals surface area contributed by atoms with E-state index in [1.807, 2.05) is 18.7 Å². The van der Waals surface area contributed by atoms with E-state index in [2.05, 4.69) is 24.1 Å². The molecule has 6 heteroatoms. The molecule has 1 amide bonds. The smallest absolute Gasteiger partial charge is 0.261 e. The fourth-order valence-corrected chi connectivity index (χ4v) is 4.05. The molecule has 1 aliphatic heterocycles. The van der Waals surface area contributed by atoms with Crippen LogP contribution in [0, 0.1) is 5.92 Å². The van der Waals surface area contributed by atoms with Crippen LogP contribution in [0.5, 0.6) is 0 Å². The topological polar surface area (TPSA) is 67.2 Å². The Morgan fingerprint density at radius 2 is 1.96 bits per heavy atom. The van der Waals surface area contributed by atoms with Crippen molar-refractivity contribution >= 4 is 16.8 Å². The molecule has 3 rings (SSSR count). The molecule has 2 heterocycles. The van der Waals surface area contributed by atoms with Gasteiger partial charge in [0.15, 0.2) is 0 Å². The van der Waals surface area contributed by atoms with E-state index in [4.69, 9.17) is 4.98 Å². The molecule has 0 bridgehead atoms. The van der Waals surface area contributed by atoms with Crippen molar-refractivity contribution < 1.29 is 4.79 Å². The Hall–Kier alpha value is -2.21. The maximum atomic E-state index is 12.9. The number of nitrogens with zero attached hydrogens (tertiary/aromatic N) is 3. The molecule has 0 saturated heterocycles. The maximum Gasteiger partial charge on any atom is 0.261 e. The Morgan fingerprint density at radius 3 is 2.68 bits per heavy atom. The third-order valence-electron chi connectivity index (χ3n) is 5.73. The molecule has 0 fully saturated rings. The summed E-state index contributed by atoms with van der Waals surface area (Å²) in [6, 6.07) is 5.51. The van der Waals surface area contributed by atoms with Crippen LogP contribution in [0.15, 0.2) is 23.0 Å². The molecule has 1 aromatic heterocycles. The molecule has 1 N–H and O–H groups in total. The van der Waals surface area contributed by atoms with E-state index in [-0.39, 0.29) is 17.5 Å². The second-order valence-corrected chi connectivity index (χ2v) is 8.37. The average Bonchev–Trinajstić information content (AvgIpc) is 2.62. The van der Waals surface area contributed by atoms with E-state index in [0.717, 1.165) is 38.1 Å². The zero-order chi connectivity index (χ0) is 20.3. The fourth-order valence-electron chi connectivity index (χ4n) is 4.05. The summed E-state index contributed by atoms with van der Waals surface area (Å²) >= 11 is 0. The van der Waals surface area contributed by atoms with Gasteiger partial charge < -0.3 is 10.2 Å². The van der Waals surface area contributed by atoms with Crippen LogP contribution >= 0.6 is 0 Å². The Kier molecular flexibility index (Phi) is 6.50. The third kappa shape index (κ3) is 4.43. The number of hydrogen-bond acceptors (Lipinski definition) is 4. The van der Waals surface area contributed by atoms with E-state index in [1.54, 1.807) is 18.2 Å². The standard InChI is InChI=1S/C22H32N4O2/c1-15(2)19(25(3)4)14-23-21(27)16-10-11-17-18(13-16)24-20-9-7-5-6-8-12-26(20)22(17)28/h10-11,13,15,19H,5-9,12,14H2,1-4H3,(H,23,27). The summed E-state index contributed by atoms with van der Waals surface area (Å²) in [5.41, 5.74) is 1.19. The van der Waals surface area contributed by atoms with Crippen LogP contribution < -0.4 is 10.9 Å². The van der Waals surface area contributed by atoms with E-state index >= 15 is 0 Å². The summed E-state index contributed by atoms with van der Waals surface area (Å²) in [5.74, 6) is 1.17. The maximum absolute atomic E-state index is 12.9. The summed E-state index contributed by atoms with van der Waals surface area (Å²) in [4.78, 5) is 32.5. The summed E-state index contributed by atoms with van der Waals surface area (Å²) in [6.07, 6.45) is 5.23. The van der Waals surface area contributed by atoms with Gasteiger partial charge in [-0.1, -0.05) is 26.7 Å². The second-order valence-electron chi connectivity index (χ2n) is 8.37. The molecule has 0 radical (unpaired) electrons. The SMILES string of the molecule is CC(C)C(CNC(=O)c1ccc2c(=O)n3c(nc2c1)CCCCCC3)N(C)C. The van der Waals surface area contributed by atoms with Gasteiger partial charge >= 0.3 is 0 Å². The Balaban J connectivity index is 1.86. The first-order valence-corrected chi connectivity index (χ1v) is 10.4. The lowest BCUT2D eigenvalue weighted by molar-refractivity contribution is 0.0935. The highest BCUT2D eigenvalue weighted by Gasteiger charge is 2.18. The molecular formula is C22H32N4O2. The Labute approximate surface area is 166 Å². The van der Waals surface area contributed by atoms with Gasteiger partial charge in [0.25, 0.3) is 11.5 Å². The van der Waals surface area contributed by atoms with E-state index in [0.29, 0.717) is 28.9 Å². The van der Waals surface area contributed by atoms with Crippen LogP contribution in [-0.2, 0) is 13.0 Å². The van der Waals surface area contributed by atoms with Crippen LogP contribution in [0.1, 0.15) is 55.7 Å². The van der Waals surface area contributed by atoms with Crippen molar-refractivity contribution in [3.05, 3.63) is 39.9 Å². The summed E-state index contributed by atoms with van der Waals surface area (Å²) < 4.78 is 1.82. The molecule has 6 nitrogen and oxygen atoms in total. The number of rotatable bonds is 5. The molecule has 2 aromatic rings. The van der Waals surface area contributed by atoms with E-state index < -0.39 is 0 Å². The van der Waals surface area contributed by atoms with Gasteiger partial charge in [0.1, 0.15) is 5.82 Å². The average molecular weight is 385 g/mol. The van der Waals surface area contributed by atoms with Crippen molar-refractivity contribution in [1.29, 1.82) is 0 Å². The molecule has 152 valence electrons. The number of aryl methyl sites for hydroxylation is 1. The highest BCUT2D eigenvalue weighted by atomic mass is 16.1. The number of aromatic nitrogens is 2. The van der Waals surface area contributed by atoms with Crippen molar-refractivity contribution in [1.82, 2.24) is 19.8 Å². The minimum absolute atomic E-state index is 0.0151. The zero-order valence-corrected chi connectivity index (χ0v) is 17.5. The second kappa shape index (κ2) is 8.86. The quantitative estimate of drug-likeness (QED) is 0.861. The Bertz CT molecular complexity index is 893. The van der Waals surface area contributed by atoms with Gasteiger partial charge in [-0.15, -0.1) is 0 Å². The van der Waals surface area contributed by atoms with Gasteiger partial charge in [-0.05, 0) is 51.1 Å². The molecule has 1 aromatic carbocycles. The van der Waals surface area contributed by atoms with E-state index in [9.17, 15) is 9.59 Å². The van der Waals surface area contributed by atoms with Crippen LogP contribution in [0.3, 0.4) is 0 Å². The third-order valence-corrected chi connectivity index (χ3v) is 5.73. The van der Waals surface area contributed by atoms with Gasteiger partial charge in [0.2, 0.25) is 0 Å². The molecule has 0 aliphatic carbocycles. The predicted molar refractivity (Wildman–Crippen MR) is 113 cm³/mol. The minimum atomic E-state index is -0.122. The number of carbonyl (C=O) groups is 1. The number of fused-ring (bicyclic) bond motifs is 2. The molecule has 0 saturated carbocycles. The van der Waals surface area contributed by atoms with Gasteiger partial charge in [0.05, 0.1) is 10.9 Å². The van der Waals surface area contributed by atoms with Crippen LogP contribution in [0.25, 0.3) is 10.9 Å². The number of nitrogens with one attached hydrogen (secondary N) is 1. The van der Waals surface area contributed by atoms with E-state index in [1.165, 1.54) is 6.42 Å². The minimum Gasteiger partial charge on any atom is -0.350 e. The van der Waals surface area contributed by atoms with Crippen LogP contribution in [0.2, 0.25) is 0 Å². The van der Waals surface area contributed by atoms with Crippen molar-refractivity contribution in [3.63, 3.8) is 0 Å². The van der Waals surface area contributed by atoms with Gasteiger partial charge in [-0.3, -0.25) is 14.2 Å². The summed E-state index contributed by atoms with van der Waals surface area (Å²) in [7, 11) is 4.05. The largest absolute Gasteiger partial charge is 0.350 e. The lowest BCUT2D eigenvalue weighted by Crippen LogP contribution is -2.43. The first-order valence-electron chi connectivity index (χ1n) is 10.4. The highest BCUT2D eigenvalue weighted by molar-refractivity contribution is 5.97. The normalized spacial score (nSPS) is 15.9. The molecule has 0 spiro atoms. The number of carbonyl (C=O) groups excluding carboxylic acids is 1. The predicted octanol–water partition coefficient (Wildman–Crippen LogP) is 2.83. The number of hydrogen-bond donors (Lipinski definition) is 1. The monoisotopic (exact) mass is 384 g/mol. The number of likely N-dealkylation sites (N-methyl/N-ethyl adjacent to an activating group) is 1.